The zero-order valence-electron chi connectivity index (χ0n) is 11.6. The van der Waals surface area contributed by atoms with Gasteiger partial charge in [-0.05, 0) is 38.1 Å². The minimum atomic E-state index is -0.531. The minimum absolute atomic E-state index is 0.0458. The van der Waals surface area contributed by atoms with E-state index < -0.39 is 5.97 Å². The molecule has 1 saturated heterocycles. The highest BCUT2D eigenvalue weighted by molar-refractivity contribution is 5.97. The third kappa shape index (κ3) is 3.94. The van der Waals surface area contributed by atoms with Gasteiger partial charge in [0.05, 0.1) is 0 Å². The Morgan fingerprint density at radius 2 is 2.20 bits per heavy atom. The van der Waals surface area contributed by atoms with E-state index in [-0.39, 0.29) is 11.7 Å². The Hall–Kier alpha value is -2.12. The van der Waals surface area contributed by atoms with Gasteiger partial charge in [0.15, 0.2) is 0 Å². The SMILES string of the molecule is CN1CCC[C@@H](OC(=O)/C(C#N)=C/c2ccccc2)C1. The molecular weight excluding hydrogens is 252 g/mol. The lowest BCUT2D eigenvalue weighted by molar-refractivity contribution is -0.145. The van der Waals surface area contributed by atoms with Crippen molar-refractivity contribution < 1.29 is 9.53 Å². The van der Waals surface area contributed by atoms with Crippen LogP contribution in [0.3, 0.4) is 0 Å². The maximum Gasteiger partial charge on any atom is 0.349 e. The number of likely N-dealkylation sites (tertiary alicyclic amines) is 1. The number of hydrogen-bond acceptors (Lipinski definition) is 4. The third-order valence-electron chi connectivity index (χ3n) is 3.31. The summed E-state index contributed by atoms with van der Waals surface area (Å²) in [4.78, 5) is 14.2. The Morgan fingerprint density at radius 3 is 2.85 bits per heavy atom. The summed E-state index contributed by atoms with van der Waals surface area (Å²) in [5.74, 6) is -0.531. The second kappa shape index (κ2) is 6.88. The number of piperidine rings is 1. The van der Waals surface area contributed by atoms with E-state index >= 15 is 0 Å². The fourth-order valence-corrected chi connectivity index (χ4v) is 2.28. The number of nitrogens with zero attached hydrogens (tertiary/aromatic N) is 2. The van der Waals surface area contributed by atoms with Crippen LogP contribution in [-0.4, -0.2) is 37.1 Å². The van der Waals surface area contributed by atoms with E-state index in [0.29, 0.717) is 0 Å². The van der Waals surface area contributed by atoms with E-state index in [9.17, 15) is 4.79 Å². The molecule has 4 nitrogen and oxygen atoms in total. The Kier molecular flexibility index (Phi) is 4.91. The topological polar surface area (TPSA) is 53.3 Å². The number of benzene rings is 1. The standard InChI is InChI=1S/C16H18N2O2/c1-18-9-5-8-15(12-18)20-16(19)14(11-17)10-13-6-3-2-4-7-13/h2-4,6-7,10,15H,5,8-9,12H2,1H3/b14-10+/t15-/m1/s1. The fraction of sp³-hybridized carbons (Fsp3) is 0.375. The summed E-state index contributed by atoms with van der Waals surface area (Å²) in [6.45, 7) is 1.76. The van der Waals surface area contributed by atoms with Crippen LogP contribution in [0.4, 0.5) is 0 Å². The van der Waals surface area contributed by atoms with Crippen molar-refractivity contribution in [3.05, 3.63) is 41.5 Å². The van der Waals surface area contributed by atoms with Crippen LogP contribution < -0.4 is 0 Å². The molecule has 1 aliphatic rings. The maximum absolute atomic E-state index is 12.0. The molecule has 0 N–H and O–H groups in total. The summed E-state index contributed by atoms with van der Waals surface area (Å²) in [5, 5.41) is 9.11. The van der Waals surface area contributed by atoms with Crippen molar-refractivity contribution >= 4 is 12.0 Å². The molecule has 1 aromatic carbocycles. The predicted molar refractivity (Wildman–Crippen MR) is 76.6 cm³/mol. The molecule has 1 aromatic rings. The molecule has 1 heterocycles. The van der Waals surface area contributed by atoms with Gasteiger partial charge >= 0.3 is 5.97 Å². The highest BCUT2D eigenvalue weighted by atomic mass is 16.5. The van der Waals surface area contributed by atoms with Gasteiger partial charge in [-0.3, -0.25) is 0 Å². The lowest BCUT2D eigenvalue weighted by atomic mass is 10.1. The summed E-state index contributed by atoms with van der Waals surface area (Å²) in [6.07, 6.45) is 3.32. The van der Waals surface area contributed by atoms with Crippen molar-refractivity contribution in [1.29, 1.82) is 5.26 Å². The molecule has 0 amide bonds. The molecule has 0 unspecified atom stereocenters. The number of esters is 1. The van der Waals surface area contributed by atoms with Gasteiger partial charge in [-0.2, -0.15) is 5.26 Å². The number of ether oxygens (including phenoxy) is 1. The van der Waals surface area contributed by atoms with Crippen molar-refractivity contribution in [1.82, 2.24) is 4.90 Å². The predicted octanol–water partition coefficient (Wildman–Crippen LogP) is 2.23. The average molecular weight is 270 g/mol. The zero-order valence-corrected chi connectivity index (χ0v) is 11.6. The fourth-order valence-electron chi connectivity index (χ4n) is 2.28. The highest BCUT2D eigenvalue weighted by Crippen LogP contribution is 2.14. The molecule has 104 valence electrons. The number of carbonyl (C=O) groups excluding carboxylic acids is 1. The van der Waals surface area contributed by atoms with Crippen molar-refractivity contribution in [2.24, 2.45) is 0 Å². The molecule has 20 heavy (non-hydrogen) atoms. The third-order valence-corrected chi connectivity index (χ3v) is 3.31. The van der Waals surface area contributed by atoms with Gasteiger partial charge in [-0.1, -0.05) is 30.3 Å². The number of rotatable bonds is 3. The lowest BCUT2D eigenvalue weighted by Gasteiger charge is -2.29. The Labute approximate surface area is 119 Å². The number of likely N-dealkylation sites (N-methyl/N-ethyl adjacent to an activating group) is 1. The summed E-state index contributed by atoms with van der Waals surface area (Å²) >= 11 is 0. The summed E-state index contributed by atoms with van der Waals surface area (Å²) in [7, 11) is 2.00. The average Bonchev–Trinajstić information content (AvgIpc) is 2.45. The molecular formula is C16H18N2O2. The number of hydrogen-bond donors (Lipinski definition) is 0. The monoisotopic (exact) mass is 270 g/mol. The van der Waals surface area contributed by atoms with Gasteiger partial charge in [-0.25, -0.2) is 4.79 Å². The molecule has 1 atom stereocenters. The first-order valence-corrected chi connectivity index (χ1v) is 6.75. The minimum Gasteiger partial charge on any atom is -0.457 e. The largest absolute Gasteiger partial charge is 0.457 e. The van der Waals surface area contributed by atoms with Gasteiger partial charge in [0.1, 0.15) is 17.7 Å². The molecule has 0 bridgehead atoms. The van der Waals surface area contributed by atoms with E-state index in [2.05, 4.69) is 4.90 Å². The first-order chi connectivity index (χ1) is 9.69. The molecule has 1 aliphatic heterocycles. The van der Waals surface area contributed by atoms with E-state index in [1.165, 1.54) is 0 Å². The molecule has 2 rings (SSSR count). The Morgan fingerprint density at radius 1 is 1.45 bits per heavy atom. The maximum atomic E-state index is 12.0. The van der Waals surface area contributed by atoms with Crippen molar-refractivity contribution in [3.8, 4) is 6.07 Å². The number of nitriles is 1. The molecule has 0 saturated carbocycles. The quantitative estimate of drug-likeness (QED) is 0.480. The van der Waals surface area contributed by atoms with E-state index in [0.717, 1.165) is 31.5 Å². The first-order valence-electron chi connectivity index (χ1n) is 6.75. The van der Waals surface area contributed by atoms with Gasteiger partial charge in [0.25, 0.3) is 0 Å². The lowest BCUT2D eigenvalue weighted by Crippen LogP contribution is -2.38. The second-order valence-electron chi connectivity index (χ2n) is 5.01. The van der Waals surface area contributed by atoms with E-state index in [1.54, 1.807) is 6.08 Å². The molecule has 4 heteroatoms. The molecule has 0 radical (unpaired) electrons. The Balaban J connectivity index is 2.03. The van der Waals surface area contributed by atoms with Crippen molar-refractivity contribution in [2.45, 2.75) is 18.9 Å². The normalized spacial score (nSPS) is 20.2. The van der Waals surface area contributed by atoms with Crippen LogP contribution in [0.25, 0.3) is 6.08 Å². The molecule has 1 fully saturated rings. The molecule has 0 aliphatic carbocycles. The highest BCUT2D eigenvalue weighted by Gasteiger charge is 2.22. The zero-order chi connectivity index (χ0) is 14.4. The first kappa shape index (κ1) is 14.3. The van der Waals surface area contributed by atoms with Crippen LogP contribution in [0.5, 0.6) is 0 Å². The van der Waals surface area contributed by atoms with E-state index in [1.807, 2.05) is 43.4 Å². The van der Waals surface area contributed by atoms with Gasteiger partial charge in [0, 0.05) is 6.54 Å². The van der Waals surface area contributed by atoms with Crippen LogP contribution in [0.15, 0.2) is 35.9 Å². The molecule has 0 spiro atoms. The van der Waals surface area contributed by atoms with Gasteiger partial charge < -0.3 is 9.64 Å². The van der Waals surface area contributed by atoms with Crippen molar-refractivity contribution in [2.75, 3.05) is 20.1 Å². The van der Waals surface area contributed by atoms with Crippen LogP contribution in [0, 0.1) is 11.3 Å². The number of carbonyl (C=O) groups is 1. The Bertz CT molecular complexity index is 531. The summed E-state index contributed by atoms with van der Waals surface area (Å²) in [6, 6.07) is 11.2. The van der Waals surface area contributed by atoms with Crippen LogP contribution >= 0.6 is 0 Å². The van der Waals surface area contributed by atoms with Crippen LogP contribution in [0.1, 0.15) is 18.4 Å². The van der Waals surface area contributed by atoms with Crippen molar-refractivity contribution in [3.63, 3.8) is 0 Å². The van der Waals surface area contributed by atoms with E-state index in [4.69, 9.17) is 10.00 Å². The van der Waals surface area contributed by atoms with Gasteiger partial charge in [0.2, 0.25) is 0 Å². The molecule has 0 aromatic heterocycles. The van der Waals surface area contributed by atoms with Gasteiger partial charge in [-0.15, -0.1) is 0 Å². The van der Waals surface area contributed by atoms with Crippen LogP contribution in [-0.2, 0) is 9.53 Å². The van der Waals surface area contributed by atoms with Crippen LogP contribution in [0.2, 0.25) is 0 Å². The smallest absolute Gasteiger partial charge is 0.349 e. The summed E-state index contributed by atoms with van der Waals surface area (Å²) in [5.41, 5.74) is 0.867. The second-order valence-corrected chi connectivity index (χ2v) is 5.01. The summed E-state index contributed by atoms with van der Waals surface area (Å²) < 4.78 is 5.42.